The number of hydrogen-bond acceptors (Lipinski definition) is 2. The van der Waals surface area contributed by atoms with Gasteiger partial charge in [-0.2, -0.15) is 0 Å². The molecule has 0 bridgehead atoms. The van der Waals surface area contributed by atoms with Crippen LogP contribution in [0.25, 0.3) is 0 Å². The molecule has 1 aliphatic heterocycles. The van der Waals surface area contributed by atoms with Crippen LogP contribution >= 0.6 is 11.6 Å². The van der Waals surface area contributed by atoms with E-state index in [9.17, 15) is 0 Å². The molecule has 1 aromatic rings. The molecule has 1 saturated carbocycles. The van der Waals surface area contributed by atoms with Gasteiger partial charge in [0.2, 0.25) is 0 Å². The number of alkyl halides is 1. The number of halogens is 1. The summed E-state index contributed by atoms with van der Waals surface area (Å²) in [5.41, 5.74) is 9.97. The molecule has 194 valence electrons. The molecule has 3 aliphatic carbocycles. The molecule has 1 fully saturated rings. The summed E-state index contributed by atoms with van der Waals surface area (Å²) in [5, 5.41) is 0. The zero-order valence-electron chi connectivity index (χ0n) is 23.5. The molecule has 2 nitrogen and oxygen atoms in total. The second-order valence-electron chi connectivity index (χ2n) is 12.6. The van der Waals surface area contributed by atoms with Crippen LogP contribution in [0.15, 0.2) is 59.6 Å². The Morgan fingerprint density at radius 2 is 1.64 bits per heavy atom. The Morgan fingerprint density at radius 1 is 0.972 bits per heavy atom. The molecule has 0 N–H and O–H groups in total. The zero-order chi connectivity index (χ0) is 25.8. The van der Waals surface area contributed by atoms with Crippen LogP contribution in [0.3, 0.4) is 0 Å². The molecule has 3 heteroatoms. The summed E-state index contributed by atoms with van der Waals surface area (Å²) in [7, 11) is 0. The van der Waals surface area contributed by atoms with Crippen molar-refractivity contribution in [1.29, 1.82) is 0 Å². The molecular formula is C33H45ClN2. The molecule has 1 aromatic carbocycles. The fraction of sp³-hybridized carbons (Fsp3) is 0.576. The summed E-state index contributed by atoms with van der Waals surface area (Å²) in [4.78, 5) is 4.64. The van der Waals surface area contributed by atoms with E-state index in [0.717, 1.165) is 6.42 Å². The second kappa shape index (κ2) is 9.43. The van der Waals surface area contributed by atoms with Crippen LogP contribution in [-0.4, -0.2) is 15.9 Å². The third-order valence-corrected chi connectivity index (χ3v) is 10.0. The van der Waals surface area contributed by atoms with Crippen molar-refractivity contribution in [3.05, 3.63) is 76.3 Å². The largest absolute Gasteiger partial charge is 0.323 e. The summed E-state index contributed by atoms with van der Waals surface area (Å²) in [6, 6.07) is 4.63. The highest BCUT2D eigenvalue weighted by Crippen LogP contribution is 2.52. The van der Waals surface area contributed by atoms with Gasteiger partial charge in [-0.15, -0.1) is 11.6 Å². The first-order valence-electron chi connectivity index (χ1n) is 14.1. The maximum Gasteiger partial charge on any atom is 0.129 e. The lowest BCUT2D eigenvalue weighted by Gasteiger charge is -2.48. The van der Waals surface area contributed by atoms with Crippen LogP contribution in [0.2, 0.25) is 0 Å². The van der Waals surface area contributed by atoms with Crippen molar-refractivity contribution in [3.8, 4) is 0 Å². The summed E-state index contributed by atoms with van der Waals surface area (Å²) in [6.07, 6.45) is 20.6. The van der Waals surface area contributed by atoms with E-state index in [0.29, 0.717) is 17.3 Å². The summed E-state index contributed by atoms with van der Waals surface area (Å²) in [5.74, 6) is 1.06. The van der Waals surface area contributed by atoms with Gasteiger partial charge >= 0.3 is 0 Å². The fourth-order valence-corrected chi connectivity index (χ4v) is 8.32. The molecule has 5 atom stereocenters. The number of hydrogen-bond donors (Lipinski definition) is 0. The van der Waals surface area contributed by atoms with Crippen molar-refractivity contribution in [2.75, 3.05) is 4.90 Å². The predicted octanol–water partition coefficient (Wildman–Crippen LogP) is 9.32. The molecule has 0 radical (unpaired) electrons. The SMILES string of the molecule is CC1=CC(C)CC(C)=C1N1C=CN(c2c(C)cc(C)cc2C)C1C(C)(Cl)C1CCCC2(C=CC2)CC1. The lowest BCUT2D eigenvalue weighted by molar-refractivity contribution is 0.210. The monoisotopic (exact) mass is 504 g/mol. The van der Waals surface area contributed by atoms with Crippen LogP contribution in [0, 0.1) is 38.0 Å². The summed E-state index contributed by atoms with van der Waals surface area (Å²) in [6.45, 7) is 16.0. The lowest BCUT2D eigenvalue weighted by Crippen LogP contribution is -2.55. The molecular weight excluding hydrogens is 460 g/mol. The maximum absolute atomic E-state index is 7.88. The lowest BCUT2D eigenvalue weighted by atomic mass is 9.70. The van der Waals surface area contributed by atoms with Gasteiger partial charge in [-0.05, 0) is 120 Å². The fourth-order valence-electron chi connectivity index (χ4n) is 7.89. The van der Waals surface area contributed by atoms with Gasteiger partial charge in [0.1, 0.15) is 6.17 Å². The quantitative estimate of drug-likeness (QED) is 0.297. The normalized spacial score (nSPS) is 32.0. The van der Waals surface area contributed by atoms with E-state index in [-0.39, 0.29) is 6.17 Å². The Kier molecular flexibility index (Phi) is 6.73. The van der Waals surface area contributed by atoms with Gasteiger partial charge in [-0.25, -0.2) is 0 Å². The van der Waals surface area contributed by atoms with Crippen LogP contribution in [0.5, 0.6) is 0 Å². The van der Waals surface area contributed by atoms with Gasteiger partial charge < -0.3 is 9.80 Å². The Labute approximate surface area is 224 Å². The van der Waals surface area contributed by atoms with E-state index in [1.165, 1.54) is 77.7 Å². The standard InChI is InChI=1S/C33H45ClN2/c1-22-18-24(3)29(25(4)19-22)35-16-17-36(30-26(5)20-23(2)21-27(30)6)31(35)32(7,34)28-10-8-12-33(15-11-28)13-9-14-33/h9,13,16-20,23,28,31H,8,10-12,14-15,21H2,1-7H3. The molecule has 1 spiro atoms. The van der Waals surface area contributed by atoms with E-state index in [1.54, 1.807) is 0 Å². The highest BCUT2D eigenvalue weighted by Gasteiger charge is 2.50. The van der Waals surface area contributed by atoms with E-state index in [1.807, 2.05) is 0 Å². The molecule has 0 amide bonds. The molecule has 0 aromatic heterocycles. The first-order chi connectivity index (χ1) is 17.0. The van der Waals surface area contributed by atoms with Crippen LogP contribution < -0.4 is 4.90 Å². The van der Waals surface area contributed by atoms with Gasteiger partial charge in [0.25, 0.3) is 0 Å². The van der Waals surface area contributed by atoms with Crippen molar-refractivity contribution in [1.82, 2.24) is 4.90 Å². The molecule has 4 aliphatic rings. The molecule has 0 saturated heterocycles. The number of anilines is 1. The third-order valence-electron chi connectivity index (χ3n) is 9.52. The van der Waals surface area contributed by atoms with Crippen molar-refractivity contribution >= 4 is 17.3 Å². The van der Waals surface area contributed by atoms with E-state index >= 15 is 0 Å². The van der Waals surface area contributed by atoms with E-state index < -0.39 is 4.87 Å². The number of allylic oxidation sites excluding steroid dienone is 5. The van der Waals surface area contributed by atoms with Crippen LogP contribution in [0.1, 0.15) is 89.3 Å². The number of aryl methyl sites for hydroxylation is 3. The zero-order valence-corrected chi connectivity index (χ0v) is 24.3. The average molecular weight is 505 g/mol. The van der Waals surface area contributed by atoms with E-state index in [4.69, 9.17) is 11.6 Å². The second-order valence-corrected chi connectivity index (χ2v) is 13.5. The van der Waals surface area contributed by atoms with Crippen molar-refractivity contribution in [2.45, 2.75) is 104 Å². The Morgan fingerprint density at radius 3 is 2.25 bits per heavy atom. The Balaban J connectivity index is 1.57. The number of benzene rings is 1. The van der Waals surface area contributed by atoms with Crippen LogP contribution in [0.4, 0.5) is 5.69 Å². The maximum atomic E-state index is 7.88. The Hall–Kier alpha value is -1.93. The van der Waals surface area contributed by atoms with Gasteiger partial charge in [0, 0.05) is 23.8 Å². The highest BCUT2D eigenvalue weighted by molar-refractivity contribution is 6.24. The van der Waals surface area contributed by atoms with Gasteiger partial charge in [-0.3, -0.25) is 0 Å². The molecule has 36 heavy (non-hydrogen) atoms. The first-order valence-corrected chi connectivity index (χ1v) is 14.5. The van der Waals surface area contributed by atoms with E-state index in [2.05, 4.69) is 101 Å². The van der Waals surface area contributed by atoms with Gasteiger partial charge in [-0.1, -0.05) is 49.3 Å². The first kappa shape index (κ1) is 25.7. The minimum Gasteiger partial charge on any atom is -0.323 e. The topological polar surface area (TPSA) is 6.48 Å². The van der Waals surface area contributed by atoms with Gasteiger partial charge in [0.15, 0.2) is 0 Å². The predicted molar refractivity (Wildman–Crippen MR) is 155 cm³/mol. The minimum absolute atomic E-state index is 0.0389. The summed E-state index contributed by atoms with van der Waals surface area (Å²) < 4.78 is 0. The minimum atomic E-state index is -0.400. The Bertz CT molecular complexity index is 1130. The summed E-state index contributed by atoms with van der Waals surface area (Å²) >= 11 is 7.88. The smallest absolute Gasteiger partial charge is 0.129 e. The van der Waals surface area contributed by atoms with Crippen molar-refractivity contribution in [3.63, 3.8) is 0 Å². The molecule has 5 rings (SSSR count). The molecule has 1 heterocycles. The number of rotatable bonds is 4. The number of nitrogens with zero attached hydrogens (tertiary/aromatic N) is 2. The van der Waals surface area contributed by atoms with Crippen molar-refractivity contribution in [2.24, 2.45) is 17.3 Å². The van der Waals surface area contributed by atoms with Crippen molar-refractivity contribution < 1.29 is 0 Å². The van der Waals surface area contributed by atoms with Gasteiger partial charge in [0.05, 0.1) is 4.87 Å². The highest BCUT2D eigenvalue weighted by atomic mass is 35.5. The third kappa shape index (κ3) is 4.38. The average Bonchev–Trinajstić information content (AvgIpc) is 3.02. The molecule has 5 unspecified atom stereocenters. The van der Waals surface area contributed by atoms with Crippen LogP contribution in [-0.2, 0) is 0 Å².